The van der Waals surface area contributed by atoms with Crippen LogP contribution in [0.1, 0.15) is 37.5 Å². The van der Waals surface area contributed by atoms with E-state index in [2.05, 4.69) is 69.5 Å². The third kappa shape index (κ3) is 3.30. The Morgan fingerprint density at radius 2 is 1.58 bits per heavy atom. The fourth-order valence-electron chi connectivity index (χ4n) is 2.80. The fourth-order valence-corrected chi connectivity index (χ4v) is 2.80. The van der Waals surface area contributed by atoms with Crippen molar-refractivity contribution in [3.63, 3.8) is 0 Å². The first-order chi connectivity index (χ1) is 8.29. The smallest absolute Gasteiger partial charge is 0.240 e. The molecular weight excluding hydrogens is 256 g/mol. The molecule has 0 aliphatic carbocycles. The van der Waals surface area contributed by atoms with Crippen LogP contribution in [0.25, 0.3) is 0 Å². The van der Waals surface area contributed by atoms with Gasteiger partial charge in [0.2, 0.25) is 6.34 Å². The molecule has 0 fully saturated rings. The lowest BCUT2D eigenvalue weighted by atomic mass is 10.0. The van der Waals surface area contributed by atoms with Gasteiger partial charge in [-0.25, -0.2) is 4.58 Å². The van der Waals surface area contributed by atoms with Crippen molar-refractivity contribution in [2.24, 2.45) is 0 Å². The van der Waals surface area contributed by atoms with Crippen LogP contribution < -0.4 is 12.4 Å². The number of rotatable bonds is 1. The molecular formula is C16H25ClN2. The van der Waals surface area contributed by atoms with Gasteiger partial charge in [-0.05, 0) is 52.7 Å². The Balaban J connectivity index is 0.00000180. The van der Waals surface area contributed by atoms with E-state index < -0.39 is 0 Å². The zero-order chi connectivity index (χ0) is 13.5. The van der Waals surface area contributed by atoms with Crippen LogP contribution in [0.4, 0.5) is 5.69 Å². The summed E-state index contributed by atoms with van der Waals surface area (Å²) in [7, 11) is 0. The summed E-state index contributed by atoms with van der Waals surface area (Å²) in [5, 5.41) is 0. The third-order valence-electron chi connectivity index (χ3n) is 3.64. The first kappa shape index (κ1) is 16.0. The Bertz CT molecular complexity index is 475. The Morgan fingerprint density at radius 3 is 2.00 bits per heavy atom. The monoisotopic (exact) mass is 280 g/mol. The molecule has 0 aromatic heterocycles. The first-order valence-electron chi connectivity index (χ1n) is 6.75. The SMILES string of the molecule is Cc1cc(C)c([N+]2=CN(C(C)(C)C)CC2)c(C)c1.[Cl-]. The normalized spacial score (nSPS) is 15.3. The van der Waals surface area contributed by atoms with Gasteiger partial charge < -0.3 is 12.4 Å². The summed E-state index contributed by atoms with van der Waals surface area (Å²) in [6.45, 7) is 15.6. The van der Waals surface area contributed by atoms with Crippen LogP contribution in [0.3, 0.4) is 0 Å². The predicted molar refractivity (Wildman–Crippen MR) is 78.0 cm³/mol. The van der Waals surface area contributed by atoms with Gasteiger partial charge in [0, 0.05) is 0 Å². The van der Waals surface area contributed by atoms with Crippen molar-refractivity contribution in [3.8, 4) is 0 Å². The van der Waals surface area contributed by atoms with Crippen LogP contribution in [0, 0.1) is 20.8 Å². The van der Waals surface area contributed by atoms with E-state index in [0.29, 0.717) is 0 Å². The molecule has 1 aliphatic rings. The number of hydrogen-bond acceptors (Lipinski definition) is 1. The molecule has 0 unspecified atom stereocenters. The van der Waals surface area contributed by atoms with Gasteiger partial charge in [-0.3, -0.25) is 4.90 Å². The summed E-state index contributed by atoms with van der Waals surface area (Å²) in [6, 6.07) is 4.55. The largest absolute Gasteiger partial charge is 1.00 e. The van der Waals surface area contributed by atoms with E-state index in [9.17, 15) is 0 Å². The van der Waals surface area contributed by atoms with Gasteiger partial charge in [0.1, 0.15) is 18.8 Å². The van der Waals surface area contributed by atoms with E-state index >= 15 is 0 Å². The van der Waals surface area contributed by atoms with Crippen LogP contribution in [0.15, 0.2) is 12.1 Å². The second-order valence-electron chi connectivity index (χ2n) is 6.42. The molecule has 0 bridgehead atoms. The molecule has 0 saturated carbocycles. The molecule has 0 radical (unpaired) electrons. The van der Waals surface area contributed by atoms with Crippen LogP contribution in [-0.4, -0.2) is 34.4 Å². The summed E-state index contributed by atoms with van der Waals surface area (Å²) in [6.07, 6.45) is 2.28. The maximum atomic E-state index is 2.42. The Labute approximate surface area is 123 Å². The van der Waals surface area contributed by atoms with Crippen molar-refractivity contribution in [3.05, 3.63) is 28.8 Å². The van der Waals surface area contributed by atoms with Crippen molar-refractivity contribution < 1.29 is 17.0 Å². The minimum atomic E-state index is 0. The van der Waals surface area contributed by atoms with Crippen LogP contribution >= 0.6 is 0 Å². The average Bonchev–Trinajstić information content (AvgIpc) is 2.64. The predicted octanol–water partition coefficient (Wildman–Crippen LogP) is 0.402. The van der Waals surface area contributed by atoms with Crippen LogP contribution in [-0.2, 0) is 0 Å². The maximum absolute atomic E-state index is 2.42. The van der Waals surface area contributed by atoms with Gasteiger partial charge in [-0.1, -0.05) is 17.7 Å². The zero-order valence-corrected chi connectivity index (χ0v) is 13.7. The molecule has 0 saturated heterocycles. The lowest BCUT2D eigenvalue weighted by Crippen LogP contribution is -3.00. The molecule has 1 aliphatic heterocycles. The molecule has 0 spiro atoms. The van der Waals surface area contributed by atoms with E-state index in [0.717, 1.165) is 13.1 Å². The lowest BCUT2D eigenvalue weighted by Gasteiger charge is -2.23. The van der Waals surface area contributed by atoms with Crippen molar-refractivity contribution >= 4 is 12.0 Å². The highest BCUT2D eigenvalue weighted by atomic mass is 35.5. The summed E-state index contributed by atoms with van der Waals surface area (Å²) in [5.74, 6) is 0. The molecule has 1 aromatic rings. The number of nitrogens with zero attached hydrogens (tertiary/aromatic N) is 2. The Kier molecular flexibility index (Phi) is 4.67. The molecule has 0 atom stereocenters. The molecule has 1 aromatic carbocycles. The molecule has 19 heavy (non-hydrogen) atoms. The summed E-state index contributed by atoms with van der Waals surface area (Å²) < 4.78 is 2.40. The minimum absolute atomic E-state index is 0. The van der Waals surface area contributed by atoms with Gasteiger partial charge in [0.25, 0.3) is 0 Å². The molecule has 1 heterocycles. The number of hydrogen-bond donors (Lipinski definition) is 0. The van der Waals surface area contributed by atoms with E-state index in [-0.39, 0.29) is 17.9 Å². The van der Waals surface area contributed by atoms with Gasteiger partial charge >= 0.3 is 0 Å². The van der Waals surface area contributed by atoms with Crippen molar-refractivity contribution in [1.29, 1.82) is 0 Å². The Hall–Kier alpha value is -1.02. The molecule has 0 N–H and O–H groups in total. The standard InChI is InChI=1S/C16H25N2.ClH/c1-12-9-13(2)15(14(3)10-12)17-7-8-18(11-17)16(4,5)6;/h9-11H,7-8H2,1-6H3;1H/q+1;/p-1. The molecule has 2 rings (SSSR count). The molecule has 106 valence electrons. The maximum Gasteiger partial charge on any atom is 0.240 e. The second-order valence-corrected chi connectivity index (χ2v) is 6.42. The second kappa shape index (κ2) is 5.54. The number of benzene rings is 1. The summed E-state index contributed by atoms with van der Waals surface area (Å²) in [4.78, 5) is 2.42. The van der Waals surface area contributed by atoms with Gasteiger partial charge in [-0.15, -0.1) is 0 Å². The highest BCUT2D eigenvalue weighted by Gasteiger charge is 2.31. The molecule has 2 nitrogen and oxygen atoms in total. The quantitative estimate of drug-likeness (QED) is 0.675. The van der Waals surface area contributed by atoms with Crippen molar-refractivity contribution in [2.45, 2.75) is 47.1 Å². The number of aryl methyl sites for hydroxylation is 3. The zero-order valence-electron chi connectivity index (χ0n) is 12.9. The average molecular weight is 281 g/mol. The van der Waals surface area contributed by atoms with Gasteiger partial charge in [-0.2, -0.15) is 0 Å². The Morgan fingerprint density at radius 1 is 1.05 bits per heavy atom. The van der Waals surface area contributed by atoms with E-state index in [1.807, 2.05) is 0 Å². The van der Waals surface area contributed by atoms with Crippen molar-refractivity contribution in [2.75, 3.05) is 13.1 Å². The minimum Gasteiger partial charge on any atom is -1.00 e. The van der Waals surface area contributed by atoms with Crippen LogP contribution in [0.2, 0.25) is 0 Å². The third-order valence-corrected chi connectivity index (χ3v) is 3.64. The lowest BCUT2D eigenvalue weighted by molar-refractivity contribution is -0.425. The fraction of sp³-hybridized carbons (Fsp3) is 0.562. The highest BCUT2D eigenvalue weighted by Crippen LogP contribution is 2.27. The van der Waals surface area contributed by atoms with E-state index in [4.69, 9.17) is 0 Å². The topological polar surface area (TPSA) is 6.25 Å². The highest BCUT2D eigenvalue weighted by molar-refractivity contribution is 5.58. The first-order valence-corrected chi connectivity index (χ1v) is 6.75. The number of halogens is 1. The van der Waals surface area contributed by atoms with E-state index in [1.165, 1.54) is 22.4 Å². The van der Waals surface area contributed by atoms with Gasteiger partial charge in [0.05, 0.1) is 5.54 Å². The molecule has 0 amide bonds. The summed E-state index contributed by atoms with van der Waals surface area (Å²) in [5.41, 5.74) is 5.69. The summed E-state index contributed by atoms with van der Waals surface area (Å²) >= 11 is 0. The van der Waals surface area contributed by atoms with E-state index in [1.54, 1.807) is 0 Å². The van der Waals surface area contributed by atoms with Gasteiger partial charge in [0.15, 0.2) is 0 Å². The van der Waals surface area contributed by atoms with Crippen LogP contribution in [0.5, 0.6) is 0 Å². The van der Waals surface area contributed by atoms with Crippen molar-refractivity contribution in [1.82, 2.24) is 4.90 Å². The molecule has 3 heteroatoms.